The average molecular weight is 289 g/mol. The van der Waals surface area contributed by atoms with Crippen molar-refractivity contribution in [3.05, 3.63) is 42.5 Å². The number of methoxy groups -OCH3 is 1. The molecular weight excluding hydrogens is 270 g/mol. The van der Waals surface area contributed by atoms with Crippen LogP contribution in [0.1, 0.15) is 12.2 Å². The van der Waals surface area contributed by atoms with Gasteiger partial charge in [-0.1, -0.05) is 0 Å². The second-order valence-electron chi connectivity index (χ2n) is 4.41. The van der Waals surface area contributed by atoms with Crippen molar-refractivity contribution in [1.29, 1.82) is 0 Å². The van der Waals surface area contributed by atoms with Crippen LogP contribution in [0.4, 0.5) is 0 Å². The van der Waals surface area contributed by atoms with Gasteiger partial charge in [-0.2, -0.15) is 0 Å². The van der Waals surface area contributed by atoms with Crippen LogP contribution in [0.15, 0.2) is 36.7 Å². The molecule has 0 aliphatic rings. The standard InChI is InChI=1S/C15H19N3O3/c1-20-12-2-4-13(5-3-12)21-11-7-15(19)18-8-6-14-16-9-10-17-14/h2-5,9-10H,6-8,11H2,1H3,(H,16,17)(H,18,19). The number of hydrogen-bond donors (Lipinski definition) is 2. The van der Waals surface area contributed by atoms with Crippen LogP contribution in [-0.4, -0.2) is 36.1 Å². The van der Waals surface area contributed by atoms with Crippen LogP contribution in [0.3, 0.4) is 0 Å². The summed E-state index contributed by atoms with van der Waals surface area (Å²) in [4.78, 5) is 18.7. The minimum absolute atomic E-state index is 0.0323. The smallest absolute Gasteiger partial charge is 0.223 e. The molecule has 21 heavy (non-hydrogen) atoms. The Hall–Kier alpha value is -2.50. The summed E-state index contributed by atoms with van der Waals surface area (Å²) in [5.74, 6) is 2.33. The Morgan fingerprint density at radius 2 is 2.05 bits per heavy atom. The third-order valence-electron chi connectivity index (χ3n) is 2.90. The first-order valence-electron chi connectivity index (χ1n) is 6.80. The summed E-state index contributed by atoms with van der Waals surface area (Å²) in [6, 6.07) is 7.26. The normalized spacial score (nSPS) is 10.1. The topological polar surface area (TPSA) is 76.2 Å². The van der Waals surface area contributed by atoms with Crippen molar-refractivity contribution in [3.63, 3.8) is 0 Å². The van der Waals surface area contributed by atoms with Gasteiger partial charge in [0, 0.05) is 25.4 Å². The van der Waals surface area contributed by atoms with E-state index in [0.29, 0.717) is 26.0 Å². The SMILES string of the molecule is COc1ccc(OCCC(=O)NCCc2ncc[nH]2)cc1. The molecule has 2 N–H and O–H groups in total. The van der Waals surface area contributed by atoms with Crippen molar-refractivity contribution in [2.24, 2.45) is 0 Å². The fourth-order valence-electron chi connectivity index (χ4n) is 1.78. The monoisotopic (exact) mass is 289 g/mol. The third kappa shape index (κ3) is 5.18. The maximum absolute atomic E-state index is 11.6. The number of aromatic amines is 1. The Labute approximate surface area is 123 Å². The van der Waals surface area contributed by atoms with Gasteiger partial charge in [0.15, 0.2) is 0 Å². The van der Waals surface area contributed by atoms with Gasteiger partial charge in [0.25, 0.3) is 0 Å². The molecule has 0 saturated carbocycles. The zero-order valence-corrected chi connectivity index (χ0v) is 12.0. The molecule has 2 aromatic rings. The quantitative estimate of drug-likeness (QED) is 0.773. The number of rotatable bonds is 8. The number of benzene rings is 1. The molecule has 1 amide bonds. The van der Waals surface area contributed by atoms with Gasteiger partial charge in [-0.25, -0.2) is 4.98 Å². The lowest BCUT2D eigenvalue weighted by atomic mass is 10.3. The molecule has 0 radical (unpaired) electrons. The van der Waals surface area contributed by atoms with Gasteiger partial charge in [0.1, 0.15) is 17.3 Å². The van der Waals surface area contributed by atoms with Crippen molar-refractivity contribution in [3.8, 4) is 11.5 Å². The maximum Gasteiger partial charge on any atom is 0.223 e. The molecule has 2 rings (SSSR count). The van der Waals surface area contributed by atoms with E-state index in [1.807, 2.05) is 24.3 Å². The Balaban J connectivity index is 1.60. The van der Waals surface area contributed by atoms with Crippen molar-refractivity contribution in [2.45, 2.75) is 12.8 Å². The number of nitrogens with one attached hydrogen (secondary N) is 2. The summed E-state index contributed by atoms with van der Waals surface area (Å²) in [7, 11) is 1.61. The molecule has 0 saturated heterocycles. The maximum atomic E-state index is 11.6. The second kappa shape index (κ2) is 7.94. The predicted octanol–water partition coefficient (Wildman–Crippen LogP) is 1.55. The van der Waals surface area contributed by atoms with Gasteiger partial charge in [0.2, 0.25) is 5.91 Å². The first-order chi connectivity index (χ1) is 10.3. The highest BCUT2D eigenvalue weighted by Gasteiger charge is 2.03. The lowest BCUT2D eigenvalue weighted by molar-refractivity contribution is -0.121. The molecule has 112 valence electrons. The summed E-state index contributed by atoms with van der Waals surface area (Å²) in [5, 5.41) is 2.83. The van der Waals surface area contributed by atoms with Crippen molar-refractivity contribution < 1.29 is 14.3 Å². The number of imidazole rings is 1. The van der Waals surface area contributed by atoms with Gasteiger partial charge >= 0.3 is 0 Å². The molecule has 0 aliphatic carbocycles. The van der Waals surface area contributed by atoms with Crippen LogP contribution >= 0.6 is 0 Å². The van der Waals surface area contributed by atoms with E-state index in [0.717, 1.165) is 17.3 Å². The summed E-state index contributed by atoms with van der Waals surface area (Å²) < 4.78 is 10.6. The molecule has 0 aliphatic heterocycles. The number of hydrogen-bond acceptors (Lipinski definition) is 4. The lowest BCUT2D eigenvalue weighted by Crippen LogP contribution is -2.27. The summed E-state index contributed by atoms with van der Waals surface area (Å²) in [6.45, 7) is 0.911. The zero-order valence-electron chi connectivity index (χ0n) is 12.0. The summed E-state index contributed by atoms with van der Waals surface area (Å²) in [6.07, 6.45) is 4.47. The summed E-state index contributed by atoms with van der Waals surface area (Å²) in [5.41, 5.74) is 0. The van der Waals surface area contributed by atoms with Crippen LogP contribution in [0.25, 0.3) is 0 Å². The molecule has 1 heterocycles. The van der Waals surface area contributed by atoms with Crippen LogP contribution in [-0.2, 0) is 11.2 Å². The van der Waals surface area contributed by atoms with E-state index in [1.54, 1.807) is 19.5 Å². The minimum atomic E-state index is -0.0323. The molecule has 6 heteroatoms. The molecule has 0 atom stereocenters. The molecule has 0 unspecified atom stereocenters. The van der Waals surface area contributed by atoms with Gasteiger partial charge < -0.3 is 19.8 Å². The van der Waals surface area contributed by atoms with Crippen LogP contribution < -0.4 is 14.8 Å². The molecule has 1 aromatic heterocycles. The van der Waals surface area contributed by atoms with Crippen LogP contribution in [0.2, 0.25) is 0 Å². The molecular formula is C15H19N3O3. The van der Waals surface area contributed by atoms with Crippen molar-refractivity contribution >= 4 is 5.91 Å². The van der Waals surface area contributed by atoms with Crippen molar-refractivity contribution in [2.75, 3.05) is 20.3 Å². The van der Waals surface area contributed by atoms with E-state index < -0.39 is 0 Å². The fraction of sp³-hybridized carbons (Fsp3) is 0.333. The highest BCUT2D eigenvalue weighted by molar-refractivity contribution is 5.75. The lowest BCUT2D eigenvalue weighted by Gasteiger charge is -2.07. The number of nitrogens with zero attached hydrogens (tertiary/aromatic N) is 1. The van der Waals surface area contributed by atoms with Gasteiger partial charge in [-0.3, -0.25) is 4.79 Å². The Morgan fingerprint density at radius 1 is 1.29 bits per heavy atom. The van der Waals surface area contributed by atoms with E-state index in [9.17, 15) is 4.79 Å². The second-order valence-corrected chi connectivity index (χ2v) is 4.41. The number of carbonyl (C=O) groups is 1. The number of H-pyrrole nitrogens is 1. The highest BCUT2D eigenvalue weighted by atomic mass is 16.5. The minimum Gasteiger partial charge on any atom is -0.497 e. The van der Waals surface area contributed by atoms with E-state index in [-0.39, 0.29) is 5.91 Å². The first-order valence-corrected chi connectivity index (χ1v) is 6.80. The summed E-state index contributed by atoms with van der Waals surface area (Å²) >= 11 is 0. The molecule has 0 bridgehead atoms. The van der Waals surface area contributed by atoms with Gasteiger partial charge in [-0.05, 0) is 24.3 Å². The Kier molecular flexibility index (Phi) is 5.63. The molecule has 0 spiro atoms. The van der Waals surface area contributed by atoms with Crippen LogP contribution in [0, 0.1) is 0 Å². The Bertz CT molecular complexity index is 538. The van der Waals surface area contributed by atoms with Gasteiger partial charge in [0.05, 0.1) is 20.1 Å². The number of amides is 1. The fourth-order valence-corrected chi connectivity index (χ4v) is 1.78. The Morgan fingerprint density at radius 3 is 2.71 bits per heavy atom. The van der Waals surface area contributed by atoms with Crippen molar-refractivity contribution in [1.82, 2.24) is 15.3 Å². The molecule has 1 aromatic carbocycles. The van der Waals surface area contributed by atoms with Gasteiger partial charge in [-0.15, -0.1) is 0 Å². The van der Waals surface area contributed by atoms with E-state index >= 15 is 0 Å². The number of aromatic nitrogens is 2. The van der Waals surface area contributed by atoms with E-state index in [4.69, 9.17) is 9.47 Å². The van der Waals surface area contributed by atoms with E-state index in [1.165, 1.54) is 0 Å². The van der Waals surface area contributed by atoms with E-state index in [2.05, 4.69) is 15.3 Å². The first kappa shape index (κ1) is 14.9. The average Bonchev–Trinajstić information content (AvgIpc) is 3.01. The predicted molar refractivity (Wildman–Crippen MR) is 78.4 cm³/mol. The highest BCUT2D eigenvalue weighted by Crippen LogP contribution is 2.16. The van der Waals surface area contributed by atoms with Crippen LogP contribution in [0.5, 0.6) is 11.5 Å². The number of ether oxygens (including phenoxy) is 2. The largest absolute Gasteiger partial charge is 0.497 e. The zero-order chi connectivity index (χ0) is 14.9. The number of carbonyl (C=O) groups excluding carboxylic acids is 1. The third-order valence-corrected chi connectivity index (χ3v) is 2.90. The molecule has 0 fully saturated rings. The molecule has 6 nitrogen and oxygen atoms in total.